The predicted octanol–water partition coefficient (Wildman–Crippen LogP) is 6.95. The molecule has 2 atom stereocenters. The third-order valence-corrected chi connectivity index (χ3v) is 8.94. The van der Waals surface area contributed by atoms with Crippen LogP contribution in [0.1, 0.15) is 44.7 Å². The standard InChI is InChI=1S/C21H23Cl2IO2/c1-12-10-20(2,3)19(24)21(11-12,13-4-6-17(25)15(22)8-13)14-5-7-18(26)16(23)9-14/h4-9,12,19,25-26H,10-11H2,1-3H3. The van der Waals surface area contributed by atoms with Crippen molar-refractivity contribution in [3.05, 3.63) is 57.6 Å². The molecule has 140 valence electrons. The molecule has 3 rings (SSSR count). The number of benzene rings is 2. The van der Waals surface area contributed by atoms with E-state index in [9.17, 15) is 10.2 Å². The number of halogens is 3. The van der Waals surface area contributed by atoms with Gasteiger partial charge < -0.3 is 10.2 Å². The van der Waals surface area contributed by atoms with Crippen molar-refractivity contribution in [2.24, 2.45) is 11.3 Å². The van der Waals surface area contributed by atoms with E-state index in [2.05, 4.69) is 43.4 Å². The number of rotatable bonds is 2. The number of phenols is 2. The number of phenolic OH excluding ortho intramolecular Hbond substituents is 2. The van der Waals surface area contributed by atoms with Crippen molar-refractivity contribution in [3.63, 3.8) is 0 Å². The summed E-state index contributed by atoms with van der Waals surface area (Å²) in [6, 6.07) is 11.0. The Hall–Kier alpha value is -0.650. The molecular formula is C21H23Cl2IO2. The quantitative estimate of drug-likeness (QED) is 0.343. The number of hydrogen-bond donors (Lipinski definition) is 2. The second-order valence-corrected chi connectivity index (χ2v) is 10.2. The van der Waals surface area contributed by atoms with E-state index < -0.39 is 0 Å². The van der Waals surface area contributed by atoms with Gasteiger partial charge in [0.1, 0.15) is 11.5 Å². The van der Waals surface area contributed by atoms with Gasteiger partial charge in [0.25, 0.3) is 0 Å². The largest absolute Gasteiger partial charge is 0.506 e. The van der Waals surface area contributed by atoms with Crippen LogP contribution >= 0.6 is 45.8 Å². The lowest BCUT2D eigenvalue weighted by atomic mass is 9.55. The first kappa shape index (κ1) is 20.1. The summed E-state index contributed by atoms with van der Waals surface area (Å²) in [7, 11) is 0. The highest BCUT2D eigenvalue weighted by molar-refractivity contribution is 14.1. The summed E-state index contributed by atoms with van der Waals surface area (Å²) in [5.74, 6) is 0.682. The highest BCUT2D eigenvalue weighted by Crippen LogP contribution is 2.57. The smallest absolute Gasteiger partial charge is 0.134 e. The van der Waals surface area contributed by atoms with Crippen LogP contribution in [-0.2, 0) is 5.41 Å². The Morgan fingerprint density at radius 2 is 1.38 bits per heavy atom. The first-order chi connectivity index (χ1) is 12.1. The summed E-state index contributed by atoms with van der Waals surface area (Å²) in [6.45, 7) is 6.89. The lowest BCUT2D eigenvalue weighted by Gasteiger charge is -2.53. The van der Waals surface area contributed by atoms with Crippen molar-refractivity contribution in [2.75, 3.05) is 0 Å². The Labute approximate surface area is 178 Å². The van der Waals surface area contributed by atoms with E-state index in [-0.39, 0.29) is 26.3 Å². The Morgan fingerprint density at radius 1 is 0.923 bits per heavy atom. The summed E-state index contributed by atoms with van der Waals surface area (Å²) >= 11 is 15.1. The van der Waals surface area contributed by atoms with Crippen LogP contribution in [0.5, 0.6) is 11.5 Å². The van der Waals surface area contributed by atoms with Gasteiger partial charge in [0.2, 0.25) is 0 Å². The van der Waals surface area contributed by atoms with Gasteiger partial charge in [0, 0.05) is 9.34 Å². The van der Waals surface area contributed by atoms with Crippen molar-refractivity contribution in [1.82, 2.24) is 0 Å². The molecule has 0 aliphatic heterocycles. The molecule has 0 amide bonds. The average Bonchev–Trinajstić information content (AvgIpc) is 2.56. The predicted molar refractivity (Wildman–Crippen MR) is 117 cm³/mol. The van der Waals surface area contributed by atoms with Gasteiger partial charge >= 0.3 is 0 Å². The van der Waals surface area contributed by atoms with Crippen LogP contribution < -0.4 is 0 Å². The normalized spacial score (nSPS) is 24.4. The molecular weight excluding hydrogens is 482 g/mol. The van der Waals surface area contributed by atoms with E-state index in [0.29, 0.717) is 16.0 Å². The van der Waals surface area contributed by atoms with Crippen molar-refractivity contribution in [1.29, 1.82) is 0 Å². The van der Waals surface area contributed by atoms with Gasteiger partial charge in [-0.1, -0.05) is 78.7 Å². The Balaban J connectivity index is 2.30. The van der Waals surface area contributed by atoms with Crippen molar-refractivity contribution >= 4 is 45.8 Å². The molecule has 0 heterocycles. The highest BCUT2D eigenvalue weighted by atomic mass is 127. The van der Waals surface area contributed by atoms with Crippen LogP contribution in [-0.4, -0.2) is 14.1 Å². The third-order valence-electron chi connectivity index (χ3n) is 5.59. The zero-order valence-electron chi connectivity index (χ0n) is 15.1. The van der Waals surface area contributed by atoms with Crippen LogP contribution in [0.3, 0.4) is 0 Å². The van der Waals surface area contributed by atoms with E-state index >= 15 is 0 Å². The summed E-state index contributed by atoms with van der Waals surface area (Å²) in [5, 5.41) is 20.5. The minimum atomic E-state index is -0.309. The van der Waals surface area contributed by atoms with Crippen LogP contribution in [0.2, 0.25) is 10.0 Å². The molecule has 2 nitrogen and oxygen atoms in total. The first-order valence-electron chi connectivity index (χ1n) is 8.70. The van der Waals surface area contributed by atoms with Gasteiger partial charge in [-0.2, -0.15) is 0 Å². The summed E-state index contributed by atoms with van der Waals surface area (Å²) in [6.07, 6.45) is 2.09. The van der Waals surface area contributed by atoms with Crippen LogP contribution in [0.4, 0.5) is 0 Å². The lowest BCUT2D eigenvalue weighted by Crippen LogP contribution is -2.51. The zero-order valence-corrected chi connectivity index (χ0v) is 18.7. The molecule has 1 aliphatic rings. The molecule has 0 bridgehead atoms. The molecule has 26 heavy (non-hydrogen) atoms. The molecule has 0 aromatic heterocycles. The highest BCUT2D eigenvalue weighted by Gasteiger charge is 2.52. The van der Waals surface area contributed by atoms with Crippen molar-refractivity contribution < 1.29 is 10.2 Å². The van der Waals surface area contributed by atoms with Crippen molar-refractivity contribution in [2.45, 2.75) is 43.0 Å². The van der Waals surface area contributed by atoms with E-state index in [1.54, 1.807) is 12.1 Å². The molecule has 1 saturated carbocycles. The molecule has 0 radical (unpaired) electrons. The van der Waals surface area contributed by atoms with E-state index in [1.165, 1.54) is 0 Å². The molecule has 2 aromatic rings. The van der Waals surface area contributed by atoms with E-state index in [4.69, 9.17) is 23.2 Å². The summed E-state index contributed by atoms with van der Waals surface area (Å²) < 4.78 is 0.282. The van der Waals surface area contributed by atoms with Gasteiger partial charge in [0.05, 0.1) is 10.0 Å². The minimum Gasteiger partial charge on any atom is -0.506 e. The van der Waals surface area contributed by atoms with E-state index in [1.807, 2.05) is 24.3 Å². The van der Waals surface area contributed by atoms with Gasteiger partial charge in [-0.3, -0.25) is 0 Å². The lowest BCUT2D eigenvalue weighted by molar-refractivity contribution is 0.146. The average molecular weight is 505 g/mol. The Morgan fingerprint density at radius 3 is 1.81 bits per heavy atom. The topological polar surface area (TPSA) is 40.5 Å². The fourth-order valence-corrected chi connectivity index (χ4v) is 6.25. The number of alkyl halides is 1. The monoisotopic (exact) mass is 504 g/mol. The maximum atomic E-state index is 9.91. The van der Waals surface area contributed by atoms with Gasteiger partial charge in [-0.15, -0.1) is 0 Å². The maximum Gasteiger partial charge on any atom is 0.134 e. The van der Waals surface area contributed by atoms with E-state index in [0.717, 1.165) is 24.0 Å². The second-order valence-electron chi connectivity index (χ2n) is 8.17. The summed E-state index contributed by atoms with van der Waals surface area (Å²) in [4.78, 5) is 0. The van der Waals surface area contributed by atoms with Crippen molar-refractivity contribution in [3.8, 4) is 11.5 Å². The third kappa shape index (κ3) is 3.31. The number of aromatic hydroxyl groups is 2. The van der Waals surface area contributed by atoms with Gasteiger partial charge in [-0.25, -0.2) is 0 Å². The zero-order chi connectivity index (χ0) is 19.3. The Kier molecular flexibility index (Phi) is 5.46. The summed E-state index contributed by atoms with van der Waals surface area (Å²) in [5.41, 5.74) is 1.94. The fraction of sp³-hybridized carbons (Fsp3) is 0.429. The van der Waals surface area contributed by atoms with Crippen LogP contribution in [0.25, 0.3) is 0 Å². The van der Waals surface area contributed by atoms with Gasteiger partial charge in [0.15, 0.2) is 0 Å². The molecule has 1 aliphatic carbocycles. The van der Waals surface area contributed by atoms with Crippen LogP contribution in [0, 0.1) is 11.3 Å². The minimum absolute atomic E-state index is 0.0856. The molecule has 0 saturated heterocycles. The molecule has 0 spiro atoms. The van der Waals surface area contributed by atoms with Crippen LogP contribution in [0.15, 0.2) is 36.4 Å². The second kappa shape index (κ2) is 7.06. The molecule has 2 unspecified atom stereocenters. The maximum absolute atomic E-state index is 9.91. The van der Waals surface area contributed by atoms with Gasteiger partial charge in [-0.05, 0) is 59.6 Å². The Bertz CT molecular complexity index is 783. The number of hydrogen-bond acceptors (Lipinski definition) is 2. The molecule has 2 aromatic carbocycles. The SMILES string of the molecule is CC1CC(C)(C)C(I)C(c2ccc(O)c(Cl)c2)(c2ccc(O)c(Cl)c2)C1. The first-order valence-corrected chi connectivity index (χ1v) is 10.7. The molecule has 5 heteroatoms. The molecule has 2 N–H and O–H groups in total. The molecule has 1 fully saturated rings. The fourth-order valence-electron chi connectivity index (χ4n) is 4.66.